The fraction of sp³-hybridized carbons (Fsp3) is 0.0909. The predicted molar refractivity (Wildman–Crippen MR) is 63.1 cm³/mol. The molecule has 1 N–H and O–H groups in total. The Hall–Kier alpha value is -2.50. The third-order valence-electron chi connectivity index (χ3n) is 2.21. The van der Waals surface area contributed by atoms with Crippen LogP contribution in [0.1, 0.15) is 5.56 Å². The largest absolute Gasteiger partial charge is 0.325 e. The molecule has 17 heavy (non-hydrogen) atoms. The molecule has 2 aromatic heterocycles. The van der Waals surface area contributed by atoms with Gasteiger partial charge >= 0.3 is 0 Å². The predicted octanol–water partition coefficient (Wildman–Crippen LogP) is 2.44. The third kappa shape index (κ3) is 2.54. The van der Waals surface area contributed by atoms with E-state index in [0.29, 0.717) is 11.6 Å². The van der Waals surface area contributed by atoms with Gasteiger partial charge in [0.15, 0.2) is 0 Å². The maximum absolute atomic E-state index is 10.5. The molecule has 0 saturated heterocycles. The Kier molecular flexibility index (Phi) is 2.95. The first-order valence-electron chi connectivity index (χ1n) is 4.96. The van der Waals surface area contributed by atoms with Crippen LogP contribution in [0.4, 0.5) is 17.3 Å². The molecular formula is C11H10N4O2. The molecule has 0 radical (unpaired) electrons. The van der Waals surface area contributed by atoms with Gasteiger partial charge in [-0.1, -0.05) is 6.07 Å². The lowest BCUT2D eigenvalue weighted by Gasteiger charge is -2.06. The molecule has 0 atom stereocenters. The molecule has 0 unspecified atom stereocenters. The van der Waals surface area contributed by atoms with E-state index in [1.807, 2.05) is 19.1 Å². The molecule has 2 aromatic rings. The van der Waals surface area contributed by atoms with Crippen LogP contribution in [-0.2, 0) is 0 Å². The summed E-state index contributed by atoms with van der Waals surface area (Å²) in [6, 6.07) is 6.70. The highest BCUT2D eigenvalue weighted by molar-refractivity contribution is 5.55. The lowest BCUT2D eigenvalue weighted by Crippen LogP contribution is -1.98. The van der Waals surface area contributed by atoms with Crippen molar-refractivity contribution in [3.63, 3.8) is 0 Å². The van der Waals surface area contributed by atoms with E-state index in [1.54, 1.807) is 12.3 Å². The monoisotopic (exact) mass is 230 g/mol. The van der Waals surface area contributed by atoms with Crippen molar-refractivity contribution in [3.8, 4) is 0 Å². The number of hydrogen-bond donors (Lipinski definition) is 1. The Morgan fingerprint density at radius 1 is 1.29 bits per heavy atom. The zero-order valence-electron chi connectivity index (χ0n) is 9.12. The Morgan fingerprint density at radius 3 is 2.71 bits per heavy atom. The van der Waals surface area contributed by atoms with E-state index in [2.05, 4.69) is 15.3 Å². The molecule has 0 aliphatic carbocycles. The number of hydrogen-bond acceptors (Lipinski definition) is 5. The Bertz CT molecular complexity index is 539. The standard InChI is InChI=1S/C11H10N4O2/c1-8-3-2-6-12-11(8)14-10-5-4-9(7-13-10)15(16)17/h2-7H,1H3,(H,12,13,14). The van der Waals surface area contributed by atoms with Crippen LogP contribution in [0.2, 0.25) is 0 Å². The van der Waals surface area contributed by atoms with Crippen molar-refractivity contribution in [2.75, 3.05) is 5.32 Å². The van der Waals surface area contributed by atoms with E-state index in [0.717, 1.165) is 5.56 Å². The van der Waals surface area contributed by atoms with E-state index in [9.17, 15) is 10.1 Å². The maximum atomic E-state index is 10.5. The number of pyridine rings is 2. The average molecular weight is 230 g/mol. The number of aryl methyl sites for hydroxylation is 1. The van der Waals surface area contributed by atoms with Gasteiger partial charge in [0.05, 0.1) is 4.92 Å². The summed E-state index contributed by atoms with van der Waals surface area (Å²) in [7, 11) is 0. The molecule has 0 fully saturated rings. The van der Waals surface area contributed by atoms with Gasteiger partial charge in [-0.2, -0.15) is 0 Å². The Labute approximate surface area is 97.5 Å². The van der Waals surface area contributed by atoms with Gasteiger partial charge in [0.2, 0.25) is 0 Å². The summed E-state index contributed by atoms with van der Waals surface area (Å²) in [5.74, 6) is 1.21. The second-order valence-corrected chi connectivity index (χ2v) is 3.45. The van der Waals surface area contributed by atoms with Crippen LogP contribution in [-0.4, -0.2) is 14.9 Å². The molecule has 0 aliphatic rings. The lowest BCUT2D eigenvalue weighted by molar-refractivity contribution is -0.385. The van der Waals surface area contributed by atoms with Crippen molar-refractivity contribution >= 4 is 17.3 Å². The molecule has 2 rings (SSSR count). The molecule has 0 amide bonds. The SMILES string of the molecule is Cc1cccnc1Nc1ccc([N+](=O)[O-])cn1. The van der Waals surface area contributed by atoms with Crippen LogP contribution in [0.25, 0.3) is 0 Å². The summed E-state index contributed by atoms with van der Waals surface area (Å²) in [4.78, 5) is 18.1. The molecule has 0 saturated carbocycles. The highest BCUT2D eigenvalue weighted by Crippen LogP contribution is 2.17. The van der Waals surface area contributed by atoms with Crippen LogP contribution in [0, 0.1) is 17.0 Å². The first-order chi connectivity index (χ1) is 8.16. The topological polar surface area (TPSA) is 81.0 Å². The van der Waals surface area contributed by atoms with Crippen LogP contribution in [0.5, 0.6) is 0 Å². The van der Waals surface area contributed by atoms with Crippen LogP contribution in [0.3, 0.4) is 0 Å². The molecule has 2 heterocycles. The van der Waals surface area contributed by atoms with Gasteiger partial charge in [-0.3, -0.25) is 10.1 Å². The quantitative estimate of drug-likeness (QED) is 0.646. The van der Waals surface area contributed by atoms with Gasteiger partial charge in [-0.25, -0.2) is 9.97 Å². The molecule has 6 heteroatoms. The fourth-order valence-corrected chi connectivity index (χ4v) is 1.31. The minimum atomic E-state index is -0.483. The number of aromatic nitrogens is 2. The molecule has 0 spiro atoms. The van der Waals surface area contributed by atoms with Gasteiger partial charge in [0.25, 0.3) is 5.69 Å². The van der Waals surface area contributed by atoms with Gasteiger partial charge in [0.1, 0.15) is 17.8 Å². The minimum absolute atomic E-state index is 0.0340. The first-order valence-corrected chi connectivity index (χ1v) is 4.96. The zero-order valence-corrected chi connectivity index (χ0v) is 9.12. The number of nitrogens with one attached hydrogen (secondary N) is 1. The van der Waals surface area contributed by atoms with Gasteiger partial charge < -0.3 is 5.32 Å². The lowest BCUT2D eigenvalue weighted by atomic mass is 10.3. The summed E-state index contributed by atoms with van der Waals surface area (Å²) in [5, 5.41) is 13.5. The first kappa shape index (κ1) is 11.0. The molecule has 0 aliphatic heterocycles. The zero-order chi connectivity index (χ0) is 12.3. The highest BCUT2D eigenvalue weighted by Gasteiger charge is 2.06. The smallest absolute Gasteiger partial charge is 0.287 e. The summed E-state index contributed by atoms with van der Waals surface area (Å²) < 4.78 is 0. The van der Waals surface area contributed by atoms with Crippen LogP contribution in [0.15, 0.2) is 36.7 Å². The number of rotatable bonds is 3. The number of anilines is 2. The van der Waals surface area contributed by atoms with E-state index < -0.39 is 4.92 Å². The summed E-state index contributed by atoms with van der Waals surface area (Å²) in [5.41, 5.74) is 0.945. The van der Waals surface area contributed by atoms with Crippen LogP contribution < -0.4 is 5.32 Å². The second-order valence-electron chi connectivity index (χ2n) is 3.45. The van der Waals surface area contributed by atoms with Crippen molar-refractivity contribution in [2.45, 2.75) is 6.92 Å². The van der Waals surface area contributed by atoms with Gasteiger partial charge in [-0.15, -0.1) is 0 Å². The van der Waals surface area contributed by atoms with E-state index in [4.69, 9.17) is 0 Å². The summed E-state index contributed by atoms with van der Waals surface area (Å²) in [6.45, 7) is 1.92. The number of nitro groups is 1. The Balaban J connectivity index is 2.20. The Morgan fingerprint density at radius 2 is 2.12 bits per heavy atom. The molecule has 0 aromatic carbocycles. The van der Waals surface area contributed by atoms with Crippen LogP contribution >= 0.6 is 0 Å². The van der Waals surface area contributed by atoms with Crippen molar-refractivity contribution in [1.29, 1.82) is 0 Å². The highest BCUT2D eigenvalue weighted by atomic mass is 16.6. The van der Waals surface area contributed by atoms with E-state index in [1.165, 1.54) is 12.3 Å². The van der Waals surface area contributed by atoms with Crippen molar-refractivity contribution in [1.82, 2.24) is 9.97 Å². The molecule has 0 bridgehead atoms. The van der Waals surface area contributed by atoms with E-state index in [-0.39, 0.29) is 5.69 Å². The summed E-state index contributed by atoms with van der Waals surface area (Å²) >= 11 is 0. The maximum Gasteiger partial charge on any atom is 0.287 e. The number of nitrogens with zero attached hydrogens (tertiary/aromatic N) is 3. The molecular weight excluding hydrogens is 220 g/mol. The van der Waals surface area contributed by atoms with Crippen molar-refractivity contribution in [3.05, 3.63) is 52.3 Å². The fourth-order valence-electron chi connectivity index (χ4n) is 1.31. The normalized spacial score (nSPS) is 9.94. The second kappa shape index (κ2) is 4.56. The minimum Gasteiger partial charge on any atom is -0.325 e. The van der Waals surface area contributed by atoms with E-state index >= 15 is 0 Å². The molecule has 6 nitrogen and oxygen atoms in total. The van der Waals surface area contributed by atoms with Gasteiger partial charge in [-0.05, 0) is 24.6 Å². The van der Waals surface area contributed by atoms with Crippen molar-refractivity contribution in [2.24, 2.45) is 0 Å². The van der Waals surface area contributed by atoms with Crippen molar-refractivity contribution < 1.29 is 4.92 Å². The molecule has 86 valence electrons. The summed E-state index contributed by atoms with van der Waals surface area (Å²) in [6.07, 6.45) is 2.88. The van der Waals surface area contributed by atoms with Gasteiger partial charge in [0, 0.05) is 12.3 Å². The third-order valence-corrected chi connectivity index (χ3v) is 2.21. The average Bonchev–Trinajstić information content (AvgIpc) is 2.33.